The van der Waals surface area contributed by atoms with Crippen molar-refractivity contribution >= 4 is 23.8 Å². The van der Waals surface area contributed by atoms with Crippen LogP contribution in [0.5, 0.6) is 17.2 Å². The summed E-state index contributed by atoms with van der Waals surface area (Å²) in [7, 11) is 0. The lowest BCUT2D eigenvalue weighted by atomic mass is 10.1. The molecule has 4 rings (SSSR count). The summed E-state index contributed by atoms with van der Waals surface area (Å²) in [6.45, 7) is 6.56. The number of aromatic nitrogens is 1. The minimum atomic E-state index is 0.401. The van der Waals surface area contributed by atoms with Gasteiger partial charge in [-0.25, -0.2) is 4.98 Å². The maximum absolute atomic E-state index is 6.25. The van der Waals surface area contributed by atoms with Crippen molar-refractivity contribution in [2.75, 3.05) is 59.5 Å². The number of fused-ring (bicyclic) bond motifs is 4. The number of benzene rings is 2. The van der Waals surface area contributed by atoms with Gasteiger partial charge in [0.25, 0.3) is 0 Å². The van der Waals surface area contributed by atoms with Crippen LogP contribution in [0.4, 0.5) is 11.4 Å². The van der Waals surface area contributed by atoms with Crippen molar-refractivity contribution < 1.29 is 28.4 Å². The summed E-state index contributed by atoms with van der Waals surface area (Å²) in [4.78, 5) is 14.3. The van der Waals surface area contributed by atoms with Gasteiger partial charge in [-0.05, 0) is 30.7 Å². The van der Waals surface area contributed by atoms with E-state index in [0.29, 0.717) is 93.7 Å². The fourth-order valence-corrected chi connectivity index (χ4v) is 5.50. The van der Waals surface area contributed by atoms with E-state index in [-0.39, 0.29) is 0 Å². The zero-order valence-corrected chi connectivity index (χ0v) is 30.1. The van der Waals surface area contributed by atoms with Gasteiger partial charge in [-0.1, -0.05) is 102 Å². The Morgan fingerprint density at radius 2 is 0.940 bits per heavy atom. The largest absolute Gasteiger partial charge is 0.493 e. The quantitative estimate of drug-likeness (QED) is 0.156. The number of pyridine rings is 1. The molecule has 0 saturated carbocycles. The topological polar surface area (TPSA) is 93.0 Å². The zero-order valence-electron chi connectivity index (χ0n) is 30.1. The summed E-state index contributed by atoms with van der Waals surface area (Å²) >= 11 is 0. The number of unbranched alkanes of at least 4 members (excludes halogenated alkanes) is 11. The molecule has 2 aromatic carbocycles. The van der Waals surface area contributed by atoms with Crippen molar-refractivity contribution in [2.45, 2.75) is 84.0 Å². The van der Waals surface area contributed by atoms with Gasteiger partial charge in [-0.3, -0.25) is 9.98 Å². The van der Waals surface area contributed by atoms with Crippen LogP contribution in [0, 0.1) is 0 Å². The Hall–Kier alpha value is -3.79. The first-order chi connectivity index (χ1) is 24.8. The molecule has 9 nitrogen and oxygen atoms in total. The monoisotopic (exact) mass is 687 g/mol. The van der Waals surface area contributed by atoms with Gasteiger partial charge in [0.15, 0.2) is 0 Å². The fourth-order valence-electron chi connectivity index (χ4n) is 5.50. The predicted molar refractivity (Wildman–Crippen MR) is 202 cm³/mol. The molecule has 0 atom stereocenters. The Kier molecular flexibility index (Phi) is 19.7. The van der Waals surface area contributed by atoms with Crippen LogP contribution in [0.2, 0.25) is 0 Å². The van der Waals surface area contributed by atoms with Crippen molar-refractivity contribution in [1.82, 2.24) is 4.98 Å². The van der Waals surface area contributed by atoms with Crippen LogP contribution in [-0.4, -0.2) is 76.9 Å². The van der Waals surface area contributed by atoms with Gasteiger partial charge in [0.05, 0.1) is 70.1 Å². The van der Waals surface area contributed by atoms with Crippen LogP contribution in [0.1, 0.15) is 95.4 Å². The second-order valence-electron chi connectivity index (χ2n) is 12.4. The van der Waals surface area contributed by atoms with E-state index in [1.54, 1.807) is 12.4 Å². The standard InChI is InChI=1S/C41H57N3O6/c1-2-3-4-5-6-7-8-9-10-11-12-17-22-48-37-31-35-33-42-38-18-13-15-20-40(38)49-29-27-46-25-23-45-24-26-47-28-30-50-41-21-16-14-19-39(41)43-34-36(32-37)44-35/h13-16,18-21,31-34H,2-12,17,22-30H2,1H3. The molecule has 2 heterocycles. The van der Waals surface area contributed by atoms with Gasteiger partial charge in [0.2, 0.25) is 0 Å². The van der Waals surface area contributed by atoms with E-state index in [0.717, 1.165) is 12.2 Å². The average molecular weight is 688 g/mol. The van der Waals surface area contributed by atoms with E-state index < -0.39 is 0 Å². The molecule has 2 bridgehead atoms. The van der Waals surface area contributed by atoms with E-state index in [4.69, 9.17) is 43.4 Å². The summed E-state index contributed by atoms with van der Waals surface area (Å²) in [6, 6.07) is 19.2. The summed E-state index contributed by atoms with van der Waals surface area (Å²) < 4.78 is 35.1. The molecule has 1 aliphatic heterocycles. The molecule has 9 heteroatoms. The minimum Gasteiger partial charge on any atom is -0.493 e. The first kappa shape index (κ1) is 39.0. The lowest BCUT2D eigenvalue weighted by molar-refractivity contribution is 0.00504. The van der Waals surface area contributed by atoms with E-state index in [1.807, 2.05) is 60.7 Å². The molecule has 50 heavy (non-hydrogen) atoms. The Balaban J connectivity index is 1.39. The highest BCUT2D eigenvalue weighted by Crippen LogP contribution is 2.28. The Bertz CT molecular complexity index is 1310. The molecule has 1 aromatic heterocycles. The molecule has 0 saturated heterocycles. The third-order valence-electron chi connectivity index (χ3n) is 8.22. The van der Waals surface area contributed by atoms with E-state index in [9.17, 15) is 0 Å². The van der Waals surface area contributed by atoms with E-state index >= 15 is 0 Å². The summed E-state index contributed by atoms with van der Waals surface area (Å²) in [6.07, 6.45) is 19.2. The number of para-hydroxylation sites is 4. The number of ether oxygens (including phenoxy) is 6. The van der Waals surface area contributed by atoms with Crippen LogP contribution < -0.4 is 14.2 Å². The smallest absolute Gasteiger partial charge is 0.145 e. The highest BCUT2D eigenvalue weighted by atomic mass is 16.6. The van der Waals surface area contributed by atoms with Crippen molar-refractivity contribution in [2.24, 2.45) is 9.98 Å². The van der Waals surface area contributed by atoms with Gasteiger partial charge in [0, 0.05) is 12.1 Å². The fraction of sp³-hybridized carbons (Fsp3) is 0.537. The van der Waals surface area contributed by atoms with Crippen molar-refractivity contribution in [1.29, 1.82) is 0 Å². The molecule has 0 radical (unpaired) electrons. The second kappa shape index (κ2) is 25.2. The van der Waals surface area contributed by atoms with Crippen molar-refractivity contribution in [3.63, 3.8) is 0 Å². The average Bonchev–Trinajstić information content (AvgIpc) is 3.14. The van der Waals surface area contributed by atoms with Gasteiger partial charge < -0.3 is 28.4 Å². The van der Waals surface area contributed by atoms with Gasteiger partial charge >= 0.3 is 0 Å². The number of rotatable bonds is 14. The Morgan fingerprint density at radius 1 is 0.520 bits per heavy atom. The van der Waals surface area contributed by atoms with E-state index in [2.05, 4.69) is 6.92 Å². The predicted octanol–water partition coefficient (Wildman–Crippen LogP) is 9.48. The van der Waals surface area contributed by atoms with Crippen LogP contribution in [0.15, 0.2) is 70.6 Å². The number of hydrogen-bond donors (Lipinski definition) is 0. The van der Waals surface area contributed by atoms with E-state index in [1.165, 1.54) is 70.6 Å². The molecule has 3 aromatic rings. The molecule has 0 unspecified atom stereocenters. The third-order valence-corrected chi connectivity index (χ3v) is 8.22. The van der Waals surface area contributed by atoms with Gasteiger partial charge in [-0.2, -0.15) is 0 Å². The van der Waals surface area contributed by atoms with Crippen LogP contribution in [0.25, 0.3) is 0 Å². The lowest BCUT2D eigenvalue weighted by Gasteiger charge is -2.11. The minimum absolute atomic E-state index is 0.401. The third kappa shape index (κ3) is 16.3. The molecule has 272 valence electrons. The van der Waals surface area contributed by atoms with Crippen molar-refractivity contribution in [3.05, 3.63) is 72.1 Å². The number of hydrogen-bond acceptors (Lipinski definition) is 9. The molecule has 0 N–H and O–H groups in total. The molecule has 0 amide bonds. The summed E-state index contributed by atoms with van der Waals surface area (Å²) in [5, 5.41) is 0. The summed E-state index contributed by atoms with van der Waals surface area (Å²) in [5.74, 6) is 2.08. The first-order valence-electron chi connectivity index (χ1n) is 18.7. The maximum Gasteiger partial charge on any atom is 0.145 e. The SMILES string of the molecule is CCCCCCCCCCCCCCOc1cc2nc(c1)C=Nc1ccccc1OCCOCCOCCOCCOc1ccccc1N=C2. The molecular weight excluding hydrogens is 630 g/mol. The van der Waals surface area contributed by atoms with Crippen LogP contribution >= 0.6 is 0 Å². The van der Waals surface area contributed by atoms with Gasteiger partial charge in [0.1, 0.15) is 41.8 Å². The highest BCUT2D eigenvalue weighted by molar-refractivity contribution is 5.85. The maximum atomic E-state index is 6.25. The number of nitrogens with zero attached hydrogens (tertiary/aromatic N) is 3. The Morgan fingerprint density at radius 3 is 1.42 bits per heavy atom. The van der Waals surface area contributed by atoms with Crippen LogP contribution in [0.3, 0.4) is 0 Å². The van der Waals surface area contributed by atoms with Gasteiger partial charge in [-0.15, -0.1) is 0 Å². The molecule has 0 spiro atoms. The zero-order chi connectivity index (χ0) is 34.7. The number of aliphatic imine (C=N–C) groups is 2. The molecular formula is C41H57N3O6. The molecule has 0 fully saturated rings. The van der Waals surface area contributed by atoms with Crippen LogP contribution in [-0.2, 0) is 14.2 Å². The van der Waals surface area contributed by atoms with Crippen molar-refractivity contribution in [3.8, 4) is 17.2 Å². The first-order valence-corrected chi connectivity index (χ1v) is 18.7. The highest BCUT2D eigenvalue weighted by Gasteiger charge is 2.07. The normalized spacial score (nSPS) is 14.8. The Labute approximate surface area is 299 Å². The lowest BCUT2D eigenvalue weighted by Crippen LogP contribution is -2.14. The molecule has 0 aliphatic carbocycles. The second-order valence-corrected chi connectivity index (χ2v) is 12.4. The molecule has 1 aliphatic rings. The summed E-state index contributed by atoms with van der Waals surface area (Å²) in [5.41, 5.74) is 2.73.